The van der Waals surface area contributed by atoms with Crippen molar-refractivity contribution in [3.05, 3.63) is 76.7 Å². The number of carbonyl (C=O) groups excluding carboxylic acids is 1. The molecule has 2 aromatic carbocycles. The third-order valence-electron chi connectivity index (χ3n) is 8.35. The normalized spacial score (nSPS) is 17.6. The molecule has 10 nitrogen and oxygen atoms in total. The molecule has 0 saturated carbocycles. The van der Waals surface area contributed by atoms with E-state index < -0.39 is 0 Å². The molecule has 0 spiro atoms. The van der Waals surface area contributed by atoms with Gasteiger partial charge in [0.25, 0.3) is 5.91 Å². The SMILES string of the molecule is COc1ccc(CN2C(=O)c3c([nH]c(-c4ccncc4OC[C@@H]4CCCO4)c3Nc3cccc(Cl)c3OC)CC2C)c(OC)c1. The second-order valence-electron chi connectivity index (χ2n) is 11.2. The number of nitrogens with one attached hydrogen (secondary N) is 2. The van der Waals surface area contributed by atoms with Gasteiger partial charge in [0, 0.05) is 54.7 Å². The highest BCUT2D eigenvalue weighted by atomic mass is 35.5. The molecule has 2 aliphatic heterocycles. The Balaban J connectivity index is 1.43. The first-order valence-corrected chi connectivity index (χ1v) is 15.3. The number of fused-ring (bicyclic) bond motifs is 1. The molecule has 1 unspecified atom stereocenters. The van der Waals surface area contributed by atoms with E-state index in [-0.39, 0.29) is 18.1 Å². The number of amides is 1. The van der Waals surface area contributed by atoms with E-state index in [1.54, 1.807) is 39.8 Å². The zero-order valence-corrected chi connectivity index (χ0v) is 26.6. The molecule has 1 saturated heterocycles. The Morgan fingerprint density at radius 2 is 1.98 bits per heavy atom. The van der Waals surface area contributed by atoms with E-state index in [1.165, 1.54) is 0 Å². The summed E-state index contributed by atoms with van der Waals surface area (Å²) in [5.74, 6) is 2.28. The number of nitrogens with zero attached hydrogens (tertiary/aromatic N) is 2. The largest absolute Gasteiger partial charge is 0.497 e. The average Bonchev–Trinajstić information content (AvgIpc) is 3.70. The summed E-state index contributed by atoms with van der Waals surface area (Å²) in [5, 5.41) is 3.95. The summed E-state index contributed by atoms with van der Waals surface area (Å²) in [6.07, 6.45) is 6.03. The molecule has 236 valence electrons. The zero-order chi connectivity index (χ0) is 31.5. The van der Waals surface area contributed by atoms with Gasteiger partial charge in [0.15, 0.2) is 5.75 Å². The Morgan fingerprint density at radius 3 is 2.73 bits per heavy atom. The number of para-hydroxylation sites is 1. The second kappa shape index (κ2) is 13.3. The standard InChI is InChI=1S/C34H37ClN4O6/c1-20-15-27-30(34(40)39(20)18-21-10-11-22(41-2)16-28(21)42-3)32(37-26-9-5-8-25(35)33(26)43-4)31(38-27)24-12-13-36-17-29(24)45-19-23-7-6-14-44-23/h5,8-13,16-17,20,23,37-38H,6-7,14-15,18-19H2,1-4H3/t20?,23-/m0/s1. The molecule has 1 amide bonds. The maximum atomic E-state index is 14.5. The van der Waals surface area contributed by atoms with Crippen LogP contribution in [0, 0.1) is 0 Å². The molecule has 11 heteroatoms. The van der Waals surface area contributed by atoms with Crippen molar-refractivity contribution in [1.29, 1.82) is 0 Å². The molecule has 0 bridgehead atoms. The molecule has 45 heavy (non-hydrogen) atoms. The van der Waals surface area contributed by atoms with Crippen molar-refractivity contribution in [3.63, 3.8) is 0 Å². The van der Waals surface area contributed by atoms with Crippen molar-refractivity contribution in [2.45, 2.75) is 44.9 Å². The van der Waals surface area contributed by atoms with Crippen LogP contribution in [0.3, 0.4) is 0 Å². The number of rotatable bonds is 11. The van der Waals surface area contributed by atoms with Crippen molar-refractivity contribution in [1.82, 2.24) is 14.9 Å². The molecule has 6 rings (SSSR count). The summed E-state index contributed by atoms with van der Waals surface area (Å²) >= 11 is 6.50. The van der Waals surface area contributed by atoms with Gasteiger partial charge < -0.3 is 38.9 Å². The topological polar surface area (TPSA) is 107 Å². The van der Waals surface area contributed by atoms with Crippen molar-refractivity contribution in [3.8, 4) is 34.3 Å². The van der Waals surface area contributed by atoms with Crippen molar-refractivity contribution in [2.75, 3.05) is 39.9 Å². The quantitative estimate of drug-likeness (QED) is 0.189. The predicted molar refractivity (Wildman–Crippen MR) is 172 cm³/mol. The molecule has 2 atom stereocenters. The monoisotopic (exact) mass is 632 g/mol. The molecule has 4 heterocycles. The van der Waals surface area contributed by atoms with Crippen LogP contribution < -0.4 is 24.3 Å². The molecule has 2 N–H and O–H groups in total. The number of benzene rings is 2. The Morgan fingerprint density at radius 1 is 1.11 bits per heavy atom. The van der Waals surface area contributed by atoms with Crippen molar-refractivity contribution < 1.29 is 28.5 Å². The number of halogens is 1. The highest BCUT2D eigenvalue weighted by Gasteiger charge is 2.36. The number of hydrogen-bond donors (Lipinski definition) is 2. The van der Waals surface area contributed by atoms with Crippen LogP contribution >= 0.6 is 11.6 Å². The van der Waals surface area contributed by atoms with E-state index in [4.69, 9.17) is 35.3 Å². The van der Waals surface area contributed by atoms with Gasteiger partial charge in [-0.3, -0.25) is 9.78 Å². The van der Waals surface area contributed by atoms with E-state index in [0.717, 1.165) is 36.3 Å². The van der Waals surface area contributed by atoms with Crippen LogP contribution in [0.1, 0.15) is 41.4 Å². The van der Waals surface area contributed by atoms with Crippen LogP contribution in [-0.4, -0.2) is 67.5 Å². The van der Waals surface area contributed by atoms with E-state index in [0.29, 0.717) is 70.2 Å². The van der Waals surface area contributed by atoms with E-state index in [9.17, 15) is 4.79 Å². The molecule has 1 fully saturated rings. The van der Waals surface area contributed by atoms with Gasteiger partial charge >= 0.3 is 0 Å². The Kier molecular flexibility index (Phi) is 9.04. The lowest BCUT2D eigenvalue weighted by Crippen LogP contribution is -2.43. The number of aromatic amines is 1. The van der Waals surface area contributed by atoms with Crippen LogP contribution in [0.2, 0.25) is 5.02 Å². The number of hydrogen-bond acceptors (Lipinski definition) is 8. The van der Waals surface area contributed by atoms with Gasteiger partial charge in [-0.15, -0.1) is 0 Å². The number of aromatic nitrogens is 2. The molecular formula is C34H37ClN4O6. The van der Waals surface area contributed by atoms with Crippen LogP contribution in [-0.2, 0) is 17.7 Å². The molecule has 0 radical (unpaired) electrons. The first-order chi connectivity index (χ1) is 21.9. The highest BCUT2D eigenvalue weighted by Crippen LogP contribution is 2.44. The number of carbonyl (C=O) groups is 1. The summed E-state index contributed by atoms with van der Waals surface area (Å²) in [6.45, 7) is 3.56. The molecule has 4 aromatic rings. The van der Waals surface area contributed by atoms with Gasteiger partial charge in [-0.25, -0.2) is 0 Å². The van der Waals surface area contributed by atoms with Crippen LogP contribution in [0.25, 0.3) is 11.3 Å². The fourth-order valence-electron chi connectivity index (χ4n) is 6.02. The van der Waals surface area contributed by atoms with E-state index in [1.807, 2.05) is 48.2 Å². The number of H-pyrrole nitrogens is 1. The first kappa shape index (κ1) is 30.6. The van der Waals surface area contributed by atoms with Crippen molar-refractivity contribution >= 4 is 28.9 Å². The summed E-state index contributed by atoms with van der Waals surface area (Å²) in [4.78, 5) is 24.3. The predicted octanol–water partition coefficient (Wildman–Crippen LogP) is 6.64. The Hall–Kier alpha value is -4.41. The lowest BCUT2D eigenvalue weighted by Gasteiger charge is -2.34. The van der Waals surface area contributed by atoms with Crippen LogP contribution in [0.4, 0.5) is 11.4 Å². The number of methoxy groups -OCH3 is 3. The maximum absolute atomic E-state index is 14.5. The van der Waals surface area contributed by atoms with Crippen LogP contribution in [0.15, 0.2) is 54.9 Å². The van der Waals surface area contributed by atoms with Gasteiger partial charge in [-0.2, -0.15) is 0 Å². The van der Waals surface area contributed by atoms with Gasteiger partial charge in [0.2, 0.25) is 0 Å². The average molecular weight is 633 g/mol. The summed E-state index contributed by atoms with van der Waals surface area (Å²) in [6, 6.07) is 12.9. The lowest BCUT2D eigenvalue weighted by atomic mass is 9.97. The van der Waals surface area contributed by atoms with E-state index >= 15 is 0 Å². The smallest absolute Gasteiger partial charge is 0.258 e. The van der Waals surface area contributed by atoms with Gasteiger partial charge in [0.05, 0.1) is 61.3 Å². The van der Waals surface area contributed by atoms with Crippen molar-refractivity contribution in [2.24, 2.45) is 0 Å². The third-order valence-corrected chi connectivity index (χ3v) is 8.65. The maximum Gasteiger partial charge on any atom is 0.258 e. The Labute approximate surface area is 267 Å². The van der Waals surface area contributed by atoms with E-state index in [2.05, 4.69) is 15.3 Å². The number of pyridine rings is 1. The molecule has 0 aliphatic carbocycles. The summed E-state index contributed by atoms with van der Waals surface area (Å²) in [5.41, 5.74) is 4.94. The Bertz CT molecular complexity index is 1690. The molecule has 2 aromatic heterocycles. The first-order valence-electron chi connectivity index (χ1n) is 15.0. The second-order valence-corrected chi connectivity index (χ2v) is 11.6. The van der Waals surface area contributed by atoms with Gasteiger partial charge in [-0.05, 0) is 50.1 Å². The fraction of sp³-hybridized carbons (Fsp3) is 0.353. The fourth-order valence-corrected chi connectivity index (χ4v) is 6.27. The summed E-state index contributed by atoms with van der Waals surface area (Å²) < 4.78 is 28.7. The minimum atomic E-state index is -0.122. The molecule has 2 aliphatic rings. The number of ether oxygens (including phenoxy) is 5. The minimum Gasteiger partial charge on any atom is -0.497 e. The lowest BCUT2D eigenvalue weighted by molar-refractivity contribution is 0.0648. The minimum absolute atomic E-state index is 0.0363. The zero-order valence-electron chi connectivity index (χ0n) is 25.8. The third kappa shape index (κ3) is 6.12. The van der Waals surface area contributed by atoms with Gasteiger partial charge in [0.1, 0.15) is 23.9 Å². The van der Waals surface area contributed by atoms with Gasteiger partial charge in [-0.1, -0.05) is 17.7 Å². The highest BCUT2D eigenvalue weighted by molar-refractivity contribution is 6.32. The number of anilines is 2. The molecular weight excluding hydrogens is 596 g/mol. The summed E-state index contributed by atoms with van der Waals surface area (Å²) in [7, 11) is 4.79. The van der Waals surface area contributed by atoms with Crippen LogP contribution in [0.5, 0.6) is 23.0 Å².